The van der Waals surface area contributed by atoms with Crippen molar-refractivity contribution in [3.05, 3.63) is 38.8 Å². The van der Waals surface area contributed by atoms with E-state index in [4.69, 9.17) is 0 Å². The van der Waals surface area contributed by atoms with Gasteiger partial charge in [-0.2, -0.15) is 0 Å². The van der Waals surface area contributed by atoms with Crippen LogP contribution in [0.3, 0.4) is 0 Å². The zero-order valence-electron chi connectivity index (χ0n) is 12.1. The Kier molecular flexibility index (Phi) is 6.12. The Morgan fingerprint density at radius 2 is 2.00 bits per heavy atom. The van der Waals surface area contributed by atoms with Crippen molar-refractivity contribution in [1.29, 1.82) is 0 Å². The number of nitrogens with one attached hydrogen (secondary N) is 1. The summed E-state index contributed by atoms with van der Waals surface area (Å²) < 4.78 is 2.23. The Labute approximate surface area is 138 Å². The molecule has 0 radical (unpaired) electrons. The highest BCUT2D eigenvalue weighted by molar-refractivity contribution is 9.11. The quantitative estimate of drug-likeness (QED) is 0.709. The molecule has 0 saturated carbocycles. The van der Waals surface area contributed by atoms with Crippen LogP contribution in [0.25, 0.3) is 0 Å². The summed E-state index contributed by atoms with van der Waals surface area (Å²) in [6, 6.07) is 6.88. The molecule has 1 heterocycles. The maximum absolute atomic E-state index is 3.65. The Bertz CT molecular complexity index is 473. The first-order valence-electron chi connectivity index (χ1n) is 7.12. The third-order valence-corrected chi connectivity index (χ3v) is 4.79. The summed E-state index contributed by atoms with van der Waals surface area (Å²) in [5.41, 5.74) is 2.60. The van der Waals surface area contributed by atoms with Gasteiger partial charge in [0, 0.05) is 40.3 Å². The third kappa shape index (κ3) is 4.90. The molecule has 2 nitrogen and oxygen atoms in total. The molecule has 20 heavy (non-hydrogen) atoms. The molecular weight excluding hydrogens is 380 g/mol. The van der Waals surface area contributed by atoms with Crippen LogP contribution >= 0.6 is 31.9 Å². The van der Waals surface area contributed by atoms with Gasteiger partial charge in [-0.05, 0) is 60.8 Å². The van der Waals surface area contributed by atoms with Gasteiger partial charge in [0.05, 0.1) is 0 Å². The van der Waals surface area contributed by atoms with Crippen LogP contribution in [0.4, 0.5) is 5.69 Å². The summed E-state index contributed by atoms with van der Waals surface area (Å²) in [5, 5.41) is 3.65. The minimum Gasteiger partial charge on any atom is -0.381 e. The van der Waals surface area contributed by atoms with Crippen molar-refractivity contribution in [2.75, 3.05) is 25.0 Å². The molecule has 1 fully saturated rings. The smallest absolute Gasteiger partial charge is 0.0487 e. The number of rotatable bonds is 4. The van der Waals surface area contributed by atoms with Crippen molar-refractivity contribution in [2.24, 2.45) is 0 Å². The summed E-state index contributed by atoms with van der Waals surface area (Å²) in [7, 11) is 0. The van der Waals surface area contributed by atoms with Crippen LogP contribution in [-0.4, -0.2) is 30.6 Å². The zero-order chi connectivity index (χ0) is 14.5. The van der Waals surface area contributed by atoms with E-state index in [0.29, 0.717) is 6.04 Å². The Morgan fingerprint density at radius 1 is 1.30 bits per heavy atom. The molecule has 0 atom stereocenters. The molecule has 0 amide bonds. The Balaban J connectivity index is 1.83. The largest absolute Gasteiger partial charge is 0.381 e. The second-order valence-electron chi connectivity index (χ2n) is 5.62. The molecule has 1 aliphatic heterocycles. The molecule has 110 valence electrons. The van der Waals surface area contributed by atoms with E-state index in [1.54, 1.807) is 0 Å². The number of hydrogen-bond donors (Lipinski definition) is 1. The van der Waals surface area contributed by atoms with Gasteiger partial charge in [-0.3, -0.25) is 4.90 Å². The molecule has 0 aromatic heterocycles. The van der Waals surface area contributed by atoms with Crippen LogP contribution in [0.2, 0.25) is 0 Å². The summed E-state index contributed by atoms with van der Waals surface area (Å²) >= 11 is 7.10. The van der Waals surface area contributed by atoms with E-state index < -0.39 is 0 Å². The van der Waals surface area contributed by atoms with Gasteiger partial charge in [0.15, 0.2) is 0 Å². The minimum absolute atomic E-state index is 0.579. The minimum atomic E-state index is 0.579. The van der Waals surface area contributed by atoms with Gasteiger partial charge in [-0.25, -0.2) is 0 Å². The molecule has 0 unspecified atom stereocenters. The van der Waals surface area contributed by atoms with Crippen molar-refractivity contribution in [2.45, 2.75) is 32.7 Å². The topological polar surface area (TPSA) is 15.3 Å². The first-order valence-corrected chi connectivity index (χ1v) is 8.70. The molecule has 2 rings (SSSR count). The van der Waals surface area contributed by atoms with Gasteiger partial charge in [0.2, 0.25) is 0 Å². The van der Waals surface area contributed by atoms with Crippen molar-refractivity contribution >= 4 is 37.5 Å². The van der Waals surface area contributed by atoms with Crippen LogP contribution in [-0.2, 0) is 0 Å². The van der Waals surface area contributed by atoms with Gasteiger partial charge in [-0.1, -0.05) is 27.6 Å². The Morgan fingerprint density at radius 3 is 2.60 bits per heavy atom. The van der Waals surface area contributed by atoms with Crippen molar-refractivity contribution in [3.63, 3.8) is 0 Å². The highest BCUT2D eigenvalue weighted by Crippen LogP contribution is 2.28. The van der Waals surface area contributed by atoms with Gasteiger partial charge in [-0.15, -0.1) is 0 Å². The number of allylic oxidation sites excluding steroid dienone is 1. The van der Waals surface area contributed by atoms with Crippen LogP contribution in [0, 0.1) is 0 Å². The lowest BCUT2D eigenvalue weighted by molar-refractivity contribution is 0.240. The molecule has 1 aromatic carbocycles. The molecule has 1 saturated heterocycles. The number of benzene rings is 1. The van der Waals surface area contributed by atoms with E-state index in [2.05, 4.69) is 80.2 Å². The van der Waals surface area contributed by atoms with Gasteiger partial charge < -0.3 is 5.32 Å². The van der Waals surface area contributed by atoms with Crippen LogP contribution in [0.15, 0.2) is 38.8 Å². The fraction of sp³-hybridized carbons (Fsp3) is 0.500. The average Bonchev–Trinajstić information content (AvgIpc) is 2.41. The monoisotopic (exact) mass is 400 g/mol. The molecule has 1 aliphatic rings. The van der Waals surface area contributed by atoms with E-state index in [0.717, 1.165) is 15.5 Å². The van der Waals surface area contributed by atoms with Gasteiger partial charge in [0.1, 0.15) is 0 Å². The predicted octanol–water partition coefficient (Wildman–Crippen LogP) is 5.05. The lowest BCUT2D eigenvalue weighted by Gasteiger charge is -2.32. The number of nitrogens with zero attached hydrogens (tertiary/aromatic N) is 1. The summed E-state index contributed by atoms with van der Waals surface area (Å²) in [5.74, 6) is 0. The number of anilines is 1. The van der Waals surface area contributed by atoms with Crippen molar-refractivity contribution < 1.29 is 0 Å². The molecule has 4 heteroatoms. The molecule has 1 aromatic rings. The van der Waals surface area contributed by atoms with Crippen LogP contribution < -0.4 is 5.32 Å². The second-order valence-corrected chi connectivity index (χ2v) is 7.39. The van der Waals surface area contributed by atoms with E-state index in [9.17, 15) is 0 Å². The highest BCUT2D eigenvalue weighted by atomic mass is 79.9. The molecule has 0 spiro atoms. The average molecular weight is 402 g/mol. The fourth-order valence-electron chi connectivity index (χ4n) is 2.40. The summed E-state index contributed by atoms with van der Waals surface area (Å²) in [4.78, 5) is 2.53. The maximum Gasteiger partial charge on any atom is 0.0487 e. The first-order chi connectivity index (χ1) is 9.54. The van der Waals surface area contributed by atoms with Gasteiger partial charge in [0.25, 0.3) is 0 Å². The summed E-state index contributed by atoms with van der Waals surface area (Å²) in [6.45, 7) is 7.78. The van der Waals surface area contributed by atoms with Crippen molar-refractivity contribution in [1.82, 2.24) is 4.90 Å². The van der Waals surface area contributed by atoms with Gasteiger partial charge >= 0.3 is 0 Å². The maximum atomic E-state index is 3.65. The molecule has 0 aliphatic carbocycles. The zero-order valence-corrected chi connectivity index (χ0v) is 15.3. The molecular formula is C16H22Br2N2. The number of piperidine rings is 1. The lowest BCUT2D eigenvalue weighted by Crippen LogP contribution is -2.39. The van der Waals surface area contributed by atoms with Crippen molar-refractivity contribution in [3.8, 4) is 0 Å². The molecule has 1 N–H and O–H groups in total. The van der Waals surface area contributed by atoms with E-state index in [1.165, 1.54) is 37.2 Å². The normalized spacial score (nSPS) is 17.0. The summed E-state index contributed by atoms with van der Waals surface area (Å²) in [6.07, 6.45) is 4.73. The molecule has 0 bridgehead atoms. The predicted molar refractivity (Wildman–Crippen MR) is 94.4 cm³/mol. The first kappa shape index (κ1) is 16.1. The van der Waals surface area contributed by atoms with Crippen LogP contribution in [0.5, 0.6) is 0 Å². The van der Waals surface area contributed by atoms with E-state index >= 15 is 0 Å². The van der Waals surface area contributed by atoms with E-state index in [-0.39, 0.29) is 0 Å². The second kappa shape index (κ2) is 7.62. The number of halogens is 2. The third-order valence-electron chi connectivity index (χ3n) is 3.64. The standard InChI is InChI=1S/C16H22Br2N2/c1-12(2)5-8-20-9-6-14(7-10-20)19-16-4-3-13(17)11-15(16)18/h3-5,11,14,19H,6-10H2,1-2H3. The highest BCUT2D eigenvalue weighted by Gasteiger charge is 2.18. The number of likely N-dealkylation sites (tertiary alicyclic amines) is 1. The fourth-order valence-corrected chi connectivity index (χ4v) is 3.56. The van der Waals surface area contributed by atoms with Crippen LogP contribution in [0.1, 0.15) is 26.7 Å². The number of hydrogen-bond acceptors (Lipinski definition) is 2. The lowest BCUT2D eigenvalue weighted by atomic mass is 10.0. The Hall–Kier alpha value is -0.320. The van der Waals surface area contributed by atoms with E-state index in [1.807, 2.05) is 0 Å². The SMILES string of the molecule is CC(C)=CCN1CCC(Nc2ccc(Br)cc2Br)CC1.